The predicted molar refractivity (Wildman–Crippen MR) is 76.8 cm³/mol. The van der Waals surface area contributed by atoms with E-state index in [0.29, 0.717) is 24.6 Å². The van der Waals surface area contributed by atoms with E-state index in [0.717, 1.165) is 5.56 Å². The SMILES string of the molecule is Cc1cc([N+](=O)[O-])c(Cl)cc1NCC(O)CC(C)C. The van der Waals surface area contributed by atoms with Crippen LogP contribution in [0.25, 0.3) is 0 Å². The van der Waals surface area contributed by atoms with Gasteiger partial charge in [-0.1, -0.05) is 25.4 Å². The normalized spacial score (nSPS) is 12.5. The summed E-state index contributed by atoms with van der Waals surface area (Å²) in [5.41, 5.74) is 1.33. The van der Waals surface area contributed by atoms with Gasteiger partial charge in [-0.2, -0.15) is 0 Å². The number of benzene rings is 1. The Labute approximate surface area is 117 Å². The molecule has 0 radical (unpaired) electrons. The number of anilines is 1. The third kappa shape index (κ3) is 4.69. The van der Waals surface area contributed by atoms with Crippen LogP contribution in [0.2, 0.25) is 5.02 Å². The van der Waals surface area contributed by atoms with Crippen LogP contribution in [-0.4, -0.2) is 22.7 Å². The Morgan fingerprint density at radius 3 is 2.63 bits per heavy atom. The smallest absolute Gasteiger partial charge is 0.288 e. The zero-order valence-electron chi connectivity index (χ0n) is 11.3. The quantitative estimate of drug-likeness (QED) is 0.621. The number of aryl methyl sites for hydroxylation is 1. The van der Waals surface area contributed by atoms with Crippen LogP contribution in [0.15, 0.2) is 12.1 Å². The molecule has 19 heavy (non-hydrogen) atoms. The second kappa shape index (κ2) is 6.73. The molecule has 0 aliphatic heterocycles. The van der Waals surface area contributed by atoms with E-state index < -0.39 is 11.0 Å². The van der Waals surface area contributed by atoms with Crippen molar-refractivity contribution < 1.29 is 10.0 Å². The van der Waals surface area contributed by atoms with E-state index in [1.54, 1.807) is 6.92 Å². The lowest BCUT2D eigenvalue weighted by atomic mass is 10.1. The zero-order chi connectivity index (χ0) is 14.6. The fourth-order valence-electron chi connectivity index (χ4n) is 1.85. The first-order chi connectivity index (χ1) is 8.81. The molecule has 106 valence electrons. The summed E-state index contributed by atoms with van der Waals surface area (Å²) in [5, 5.41) is 23.7. The molecule has 0 saturated carbocycles. The Morgan fingerprint density at radius 2 is 2.11 bits per heavy atom. The van der Waals surface area contributed by atoms with Crippen molar-refractivity contribution in [3.63, 3.8) is 0 Å². The number of nitrogens with zero attached hydrogens (tertiary/aromatic N) is 1. The van der Waals surface area contributed by atoms with Gasteiger partial charge in [-0.05, 0) is 30.9 Å². The molecule has 0 bridgehead atoms. The predicted octanol–water partition coefficient (Wildman–Crippen LogP) is 3.38. The van der Waals surface area contributed by atoms with Crippen molar-refractivity contribution in [2.45, 2.75) is 33.3 Å². The molecule has 2 N–H and O–H groups in total. The molecule has 1 aromatic rings. The number of rotatable bonds is 6. The van der Waals surface area contributed by atoms with E-state index in [1.807, 2.05) is 13.8 Å². The summed E-state index contributed by atoms with van der Waals surface area (Å²) in [6.07, 6.45) is 0.251. The van der Waals surface area contributed by atoms with Gasteiger partial charge >= 0.3 is 0 Å². The fourth-order valence-corrected chi connectivity index (χ4v) is 2.08. The minimum Gasteiger partial charge on any atom is -0.391 e. The number of hydrogen-bond acceptors (Lipinski definition) is 4. The van der Waals surface area contributed by atoms with Crippen molar-refractivity contribution in [1.82, 2.24) is 0 Å². The molecule has 1 rings (SSSR count). The topological polar surface area (TPSA) is 75.4 Å². The van der Waals surface area contributed by atoms with Crippen LogP contribution in [0.5, 0.6) is 0 Å². The van der Waals surface area contributed by atoms with E-state index >= 15 is 0 Å². The number of aliphatic hydroxyl groups is 1. The highest BCUT2D eigenvalue weighted by Crippen LogP contribution is 2.30. The molecular weight excluding hydrogens is 268 g/mol. The molecule has 0 saturated heterocycles. The summed E-state index contributed by atoms with van der Waals surface area (Å²) in [6, 6.07) is 2.95. The van der Waals surface area contributed by atoms with Gasteiger partial charge < -0.3 is 10.4 Å². The van der Waals surface area contributed by atoms with Crippen molar-refractivity contribution in [3.8, 4) is 0 Å². The van der Waals surface area contributed by atoms with Crippen LogP contribution in [0, 0.1) is 23.0 Å². The summed E-state index contributed by atoms with van der Waals surface area (Å²) in [5.74, 6) is 0.415. The highest BCUT2D eigenvalue weighted by Gasteiger charge is 2.15. The average Bonchev–Trinajstić information content (AvgIpc) is 2.28. The van der Waals surface area contributed by atoms with Crippen molar-refractivity contribution in [2.75, 3.05) is 11.9 Å². The second-order valence-electron chi connectivity index (χ2n) is 5.04. The minimum atomic E-state index is -0.507. The van der Waals surface area contributed by atoms with Gasteiger partial charge in [-0.25, -0.2) is 0 Å². The molecule has 0 heterocycles. The first-order valence-electron chi connectivity index (χ1n) is 6.17. The largest absolute Gasteiger partial charge is 0.391 e. The summed E-state index contributed by atoms with van der Waals surface area (Å²) in [6.45, 7) is 6.24. The van der Waals surface area contributed by atoms with E-state index in [1.165, 1.54) is 12.1 Å². The third-order valence-corrected chi connectivity index (χ3v) is 3.06. The molecule has 1 unspecified atom stereocenters. The Bertz CT molecular complexity index is 463. The Kier molecular flexibility index (Phi) is 5.57. The summed E-state index contributed by atoms with van der Waals surface area (Å²) >= 11 is 5.85. The highest BCUT2D eigenvalue weighted by molar-refractivity contribution is 6.33. The molecule has 0 aromatic heterocycles. The molecule has 6 heteroatoms. The number of nitro groups is 1. The maximum atomic E-state index is 10.7. The van der Waals surface area contributed by atoms with Crippen molar-refractivity contribution in [3.05, 3.63) is 32.8 Å². The number of hydrogen-bond donors (Lipinski definition) is 2. The Balaban J connectivity index is 2.75. The van der Waals surface area contributed by atoms with E-state index in [2.05, 4.69) is 5.32 Å². The van der Waals surface area contributed by atoms with Crippen molar-refractivity contribution >= 4 is 23.0 Å². The molecule has 0 aliphatic rings. The van der Waals surface area contributed by atoms with E-state index in [9.17, 15) is 15.2 Å². The van der Waals surface area contributed by atoms with E-state index in [4.69, 9.17) is 11.6 Å². The summed E-state index contributed by atoms with van der Waals surface area (Å²) < 4.78 is 0. The highest BCUT2D eigenvalue weighted by atomic mass is 35.5. The Morgan fingerprint density at radius 1 is 1.47 bits per heavy atom. The van der Waals surface area contributed by atoms with Crippen LogP contribution >= 0.6 is 11.6 Å². The van der Waals surface area contributed by atoms with Gasteiger partial charge in [0.2, 0.25) is 0 Å². The summed E-state index contributed by atoms with van der Waals surface area (Å²) in [7, 11) is 0. The summed E-state index contributed by atoms with van der Waals surface area (Å²) in [4.78, 5) is 10.2. The average molecular weight is 287 g/mol. The van der Waals surface area contributed by atoms with Crippen LogP contribution < -0.4 is 5.32 Å². The Hall–Kier alpha value is -1.33. The van der Waals surface area contributed by atoms with Crippen LogP contribution in [0.3, 0.4) is 0 Å². The third-order valence-electron chi connectivity index (χ3n) is 2.76. The molecule has 0 aliphatic carbocycles. The van der Waals surface area contributed by atoms with Gasteiger partial charge in [0.1, 0.15) is 5.02 Å². The molecule has 1 atom stereocenters. The number of halogens is 1. The number of nitrogens with one attached hydrogen (secondary N) is 1. The van der Waals surface area contributed by atoms with Crippen molar-refractivity contribution in [1.29, 1.82) is 0 Å². The lowest BCUT2D eigenvalue weighted by Crippen LogP contribution is -2.21. The van der Waals surface area contributed by atoms with Gasteiger partial charge in [0.25, 0.3) is 5.69 Å². The van der Waals surface area contributed by atoms with Crippen LogP contribution in [0.4, 0.5) is 11.4 Å². The van der Waals surface area contributed by atoms with Crippen LogP contribution in [0.1, 0.15) is 25.8 Å². The van der Waals surface area contributed by atoms with Gasteiger partial charge in [-0.15, -0.1) is 0 Å². The fraction of sp³-hybridized carbons (Fsp3) is 0.538. The van der Waals surface area contributed by atoms with Gasteiger partial charge in [-0.3, -0.25) is 10.1 Å². The van der Waals surface area contributed by atoms with Gasteiger partial charge in [0.15, 0.2) is 0 Å². The van der Waals surface area contributed by atoms with Crippen LogP contribution in [-0.2, 0) is 0 Å². The van der Waals surface area contributed by atoms with Gasteiger partial charge in [0, 0.05) is 18.3 Å². The molecular formula is C13H19ClN2O3. The standard InChI is InChI=1S/C13H19ClN2O3/c1-8(2)4-10(17)7-15-12-6-11(14)13(16(18)19)5-9(12)3/h5-6,8,10,15,17H,4,7H2,1-3H3. The minimum absolute atomic E-state index is 0.0939. The zero-order valence-corrected chi connectivity index (χ0v) is 12.1. The number of nitro benzene ring substituents is 1. The monoisotopic (exact) mass is 286 g/mol. The number of aliphatic hydroxyl groups excluding tert-OH is 1. The molecule has 0 spiro atoms. The van der Waals surface area contributed by atoms with Crippen molar-refractivity contribution in [2.24, 2.45) is 5.92 Å². The molecule has 0 amide bonds. The second-order valence-corrected chi connectivity index (χ2v) is 5.45. The molecule has 5 nitrogen and oxygen atoms in total. The molecule has 1 aromatic carbocycles. The lowest BCUT2D eigenvalue weighted by Gasteiger charge is -2.16. The van der Waals surface area contributed by atoms with Gasteiger partial charge in [0.05, 0.1) is 11.0 Å². The first-order valence-corrected chi connectivity index (χ1v) is 6.55. The molecule has 0 fully saturated rings. The van der Waals surface area contributed by atoms with E-state index in [-0.39, 0.29) is 10.7 Å². The first kappa shape index (κ1) is 15.7. The maximum Gasteiger partial charge on any atom is 0.288 e. The maximum absolute atomic E-state index is 10.7. The lowest BCUT2D eigenvalue weighted by molar-refractivity contribution is -0.384.